The van der Waals surface area contributed by atoms with Crippen LogP contribution in [0.25, 0.3) is 0 Å². The number of hydrogen-bond acceptors (Lipinski definition) is 2. The van der Waals surface area contributed by atoms with Gasteiger partial charge >= 0.3 is 0 Å². The van der Waals surface area contributed by atoms with Gasteiger partial charge in [0.25, 0.3) is 0 Å². The second-order valence-corrected chi connectivity index (χ2v) is 3.99. The molecule has 2 aromatic carbocycles. The molecule has 0 atom stereocenters. The molecule has 2 aromatic rings. The van der Waals surface area contributed by atoms with Crippen LogP contribution in [0.2, 0.25) is 0 Å². The van der Waals surface area contributed by atoms with Crippen molar-refractivity contribution in [1.29, 1.82) is 0 Å². The molecule has 0 unspecified atom stereocenters. The Bertz CT molecular complexity index is 571. The number of para-hydroxylation sites is 2. The summed E-state index contributed by atoms with van der Waals surface area (Å²) < 4.78 is 0. The fraction of sp³-hybridized carbons (Fsp3) is 0.0714. The Morgan fingerprint density at radius 1 is 1.00 bits per heavy atom. The molecule has 0 radical (unpaired) electrons. The van der Waals surface area contributed by atoms with Crippen LogP contribution in [0.4, 0.5) is 17.1 Å². The number of benzene rings is 2. The van der Waals surface area contributed by atoms with Crippen molar-refractivity contribution in [3.05, 3.63) is 53.6 Å². The van der Waals surface area contributed by atoms with Gasteiger partial charge in [0.05, 0.1) is 11.4 Å². The minimum Gasteiger partial charge on any atom is -0.353 e. The summed E-state index contributed by atoms with van der Waals surface area (Å²) in [7, 11) is 0. The van der Waals surface area contributed by atoms with E-state index < -0.39 is 0 Å². The van der Waals surface area contributed by atoms with E-state index in [0.717, 1.165) is 22.6 Å². The highest BCUT2D eigenvalue weighted by atomic mass is 14.9. The lowest BCUT2D eigenvalue weighted by molar-refractivity contribution is 1.45. The average molecular weight is 208 g/mol. The van der Waals surface area contributed by atoms with Gasteiger partial charge in [-0.1, -0.05) is 24.3 Å². The van der Waals surface area contributed by atoms with Crippen LogP contribution >= 0.6 is 0 Å². The molecule has 0 saturated carbocycles. The first-order valence-corrected chi connectivity index (χ1v) is 5.34. The Morgan fingerprint density at radius 2 is 1.88 bits per heavy atom. The molecule has 1 aliphatic rings. The van der Waals surface area contributed by atoms with E-state index >= 15 is 0 Å². The third-order valence-corrected chi connectivity index (χ3v) is 2.72. The molecule has 1 heterocycles. The molecule has 16 heavy (non-hydrogen) atoms. The summed E-state index contributed by atoms with van der Waals surface area (Å²) in [5.74, 6) is 0. The third kappa shape index (κ3) is 1.48. The van der Waals surface area contributed by atoms with Gasteiger partial charge in [0.2, 0.25) is 0 Å². The van der Waals surface area contributed by atoms with Crippen molar-refractivity contribution < 1.29 is 0 Å². The normalized spacial score (nSPS) is 12.3. The van der Waals surface area contributed by atoms with E-state index in [1.54, 1.807) is 0 Å². The molecule has 0 saturated heterocycles. The molecule has 2 nitrogen and oxygen atoms in total. The summed E-state index contributed by atoms with van der Waals surface area (Å²) in [6, 6.07) is 14.4. The van der Waals surface area contributed by atoms with Crippen molar-refractivity contribution in [1.82, 2.24) is 0 Å². The molecule has 0 aliphatic carbocycles. The highest BCUT2D eigenvalue weighted by Gasteiger charge is 2.08. The number of rotatable bonds is 0. The molecule has 1 aliphatic heterocycles. The minimum atomic E-state index is 0.983. The first-order chi connectivity index (χ1) is 7.83. The highest BCUT2D eigenvalue weighted by molar-refractivity contribution is 5.95. The number of aliphatic imine (C=N–C) groups is 1. The molecule has 0 amide bonds. The lowest BCUT2D eigenvalue weighted by Crippen LogP contribution is -1.93. The Kier molecular flexibility index (Phi) is 2.00. The predicted octanol–water partition coefficient (Wildman–Crippen LogP) is 3.80. The van der Waals surface area contributed by atoms with Gasteiger partial charge in [-0.25, -0.2) is 0 Å². The van der Waals surface area contributed by atoms with Gasteiger partial charge in [-0.3, -0.25) is 4.99 Å². The van der Waals surface area contributed by atoms with Crippen molar-refractivity contribution in [3.8, 4) is 0 Å². The first-order valence-electron chi connectivity index (χ1n) is 5.34. The van der Waals surface area contributed by atoms with Crippen LogP contribution in [-0.4, -0.2) is 6.21 Å². The summed E-state index contributed by atoms with van der Waals surface area (Å²) in [5, 5.41) is 3.42. The van der Waals surface area contributed by atoms with Crippen LogP contribution in [0.1, 0.15) is 11.1 Å². The molecule has 0 aromatic heterocycles. The lowest BCUT2D eigenvalue weighted by atomic mass is 10.1. The van der Waals surface area contributed by atoms with Gasteiger partial charge in [-0.2, -0.15) is 0 Å². The molecular formula is C14H12N2. The zero-order chi connectivity index (χ0) is 11.0. The summed E-state index contributed by atoms with van der Waals surface area (Å²) in [6.07, 6.45) is 1.91. The van der Waals surface area contributed by atoms with Gasteiger partial charge in [-0.15, -0.1) is 0 Å². The minimum absolute atomic E-state index is 0.983. The fourth-order valence-corrected chi connectivity index (χ4v) is 1.87. The quantitative estimate of drug-likeness (QED) is 0.597. The van der Waals surface area contributed by atoms with Crippen molar-refractivity contribution in [3.63, 3.8) is 0 Å². The zero-order valence-electron chi connectivity index (χ0n) is 9.07. The number of hydrogen-bond donors (Lipinski definition) is 1. The monoisotopic (exact) mass is 208 g/mol. The predicted molar refractivity (Wildman–Crippen MR) is 68.2 cm³/mol. The van der Waals surface area contributed by atoms with Gasteiger partial charge in [-0.05, 0) is 30.7 Å². The van der Waals surface area contributed by atoms with E-state index in [9.17, 15) is 0 Å². The molecule has 1 N–H and O–H groups in total. The Balaban J connectivity index is 2.18. The fourth-order valence-electron chi connectivity index (χ4n) is 1.87. The second kappa shape index (κ2) is 3.49. The Hall–Kier alpha value is -2.09. The first kappa shape index (κ1) is 9.16. The molecule has 0 spiro atoms. The van der Waals surface area contributed by atoms with E-state index in [0.29, 0.717) is 0 Å². The second-order valence-electron chi connectivity index (χ2n) is 3.99. The molecule has 0 fully saturated rings. The molecule has 78 valence electrons. The number of aryl methyl sites for hydroxylation is 1. The maximum absolute atomic E-state index is 4.47. The van der Waals surface area contributed by atoms with Crippen LogP contribution < -0.4 is 5.32 Å². The van der Waals surface area contributed by atoms with E-state index in [4.69, 9.17) is 0 Å². The molecule has 2 heteroatoms. The van der Waals surface area contributed by atoms with Crippen LogP contribution in [0.5, 0.6) is 0 Å². The molecule has 0 bridgehead atoms. The topological polar surface area (TPSA) is 24.4 Å². The molecular weight excluding hydrogens is 196 g/mol. The largest absolute Gasteiger partial charge is 0.353 e. The average Bonchev–Trinajstić information content (AvgIpc) is 2.47. The summed E-state index contributed by atoms with van der Waals surface area (Å²) >= 11 is 0. The summed E-state index contributed by atoms with van der Waals surface area (Å²) in [6.45, 7) is 2.09. The van der Waals surface area contributed by atoms with Crippen LogP contribution in [0.3, 0.4) is 0 Å². The number of anilines is 2. The van der Waals surface area contributed by atoms with E-state index in [2.05, 4.69) is 35.4 Å². The summed E-state index contributed by atoms with van der Waals surface area (Å²) in [4.78, 5) is 4.47. The van der Waals surface area contributed by atoms with Gasteiger partial charge in [0, 0.05) is 17.5 Å². The number of nitrogens with zero attached hydrogens (tertiary/aromatic N) is 1. The van der Waals surface area contributed by atoms with Gasteiger partial charge in [0.15, 0.2) is 0 Å². The van der Waals surface area contributed by atoms with Crippen LogP contribution in [0.15, 0.2) is 47.5 Å². The summed E-state index contributed by atoms with van der Waals surface area (Å²) in [5.41, 5.74) is 5.54. The third-order valence-electron chi connectivity index (χ3n) is 2.72. The zero-order valence-corrected chi connectivity index (χ0v) is 9.07. The number of nitrogens with one attached hydrogen (secondary N) is 1. The maximum Gasteiger partial charge on any atom is 0.0864 e. The van der Waals surface area contributed by atoms with Crippen molar-refractivity contribution in [2.45, 2.75) is 6.92 Å². The van der Waals surface area contributed by atoms with Gasteiger partial charge in [0.1, 0.15) is 0 Å². The Morgan fingerprint density at radius 3 is 2.81 bits per heavy atom. The van der Waals surface area contributed by atoms with E-state index in [1.807, 2.05) is 30.5 Å². The van der Waals surface area contributed by atoms with E-state index in [-0.39, 0.29) is 0 Å². The van der Waals surface area contributed by atoms with Crippen LogP contribution in [0, 0.1) is 6.92 Å². The molecule has 3 rings (SSSR count). The van der Waals surface area contributed by atoms with E-state index in [1.165, 1.54) is 5.56 Å². The number of fused-ring (bicyclic) bond motifs is 2. The smallest absolute Gasteiger partial charge is 0.0864 e. The van der Waals surface area contributed by atoms with Crippen molar-refractivity contribution in [2.24, 2.45) is 4.99 Å². The standard InChI is InChI=1S/C14H12N2/c1-10-6-7-11-9-15-12-4-2-3-5-13(12)16-14(11)8-10/h2-9,16H,1H3. The maximum atomic E-state index is 4.47. The lowest BCUT2D eigenvalue weighted by Gasteiger charge is -2.08. The SMILES string of the molecule is Cc1ccc2c(c1)Nc1ccccc1N=C2. The van der Waals surface area contributed by atoms with Crippen LogP contribution in [-0.2, 0) is 0 Å². The van der Waals surface area contributed by atoms with Crippen molar-refractivity contribution >= 4 is 23.3 Å². The Labute approximate surface area is 94.7 Å². The van der Waals surface area contributed by atoms with Crippen molar-refractivity contribution in [2.75, 3.05) is 5.32 Å². The highest BCUT2D eigenvalue weighted by Crippen LogP contribution is 2.32. The van der Waals surface area contributed by atoms with Gasteiger partial charge < -0.3 is 5.32 Å².